The van der Waals surface area contributed by atoms with E-state index in [-0.39, 0.29) is 5.97 Å². The summed E-state index contributed by atoms with van der Waals surface area (Å²) in [5, 5.41) is 0. The molecule has 0 spiro atoms. The van der Waals surface area contributed by atoms with E-state index in [1.54, 1.807) is 0 Å². The molecular weight excluding hydrogens is 300 g/mol. The molecule has 0 aliphatic rings. The van der Waals surface area contributed by atoms with Crippen LogP contribution in [0.2, 0.25) is 0 Å². The van der Waals surface area contributed by atoms with Gasteiger partial charge in [0.1, 0.15) is 5.94 Å². The van der Waals surface area contributed by atoms with Gasteiger partial charge in [0.15, 0.2) is 0 Å². The van der Waals surface area contributed by atoms with Crippen LogP contribution >= 0.6 is 0 Å². The third kappa shape index (κ3) is 15.8. The highest BCUT2D eigenvalue weighted by molar-refractivity contribution is 5.69. The number of esters is 1. The zero-order chi connectivity index (χ0) is 17.9. The third-order valence-corrected chi connectivity index (χ3v) is 4.39. The summed E-state index contributed by atoms with van der Waals surface area (Å²) in [7, 11) is 0. The Morgan fingerprint density at radius 1 is 0.708 bits per heavy atom. The average molecular weight is 339 g/mol. The molecule has 0 saturated heterocycles. The second kappa shape index (κ2) is 18.3. The van der Waals surface area contributed by atoms with Gasteiger partial charge in [-0.3, -0.25) is 4.79 Å². The number of unbranched alkanes of at least 4 members (excludes halogenated alkanes) is 10. The van der Waals surface area contributed by atoms with E-state index in [9.17, 15) is 9.59 Å². The molecule has 0 amide bonds. The topological polar surface area (TPSA) is 43.4 Å². The van der Waals surface area contributed by atoms with Crippen LogP contribution in [0.3, 0.4) is 0 Å². The summed E-state index contributed by atoms with van der Waals surface area (Å²) < 4.78 is 4.91. The van der Waals surface area contributed by atoms with Gasteiger partial charge in [0.25, 0.3) is 0 Å². The second-order valence-electron chi connectivity index (χ2n) is 6.65. The fourth-order valence-electron chi connectivity index (χ4n) is 2.89. The molecule has 0 unspecified atom stereocenters. The molecular formula is C21H38O3. The molecule has 0 N–H and O–H groups in total. The number of ether oxygens (including phenoxy) is 1. The first-order valence-corrected chi connectivity index (χ1v) is 10.1. The smallest absolute Gasteiger partial charge is 0.305 e. The molecule has 0 atom stereocenters. The lowest BCUT2D eigenvalue weighted by molar-refractivity contribution is -0.143. The van der Waals surface area contributed by atoms with E-state index in [1.807, 2.05) is 6.92 Å². The first-order valence-electron chi connectivity index (χ1n) is 10.1. The summed E-state index contributed by atoms with van der Waals surface area (Å²) in [5.74, 6) is 2.09. The van der Waals surface area contributed by atoms with Crippen LogP contribution in [0.25, 0.3) is 0 Å². The molecule has 140 valence electrons. The predicted octanol–water partition coefficient (Wildman–Crippen LogP) is 6.18. The number of hydrogen-bond acceptors (Lipinski definition) is 3. The quantitative estimate of drug-likeness (QED) is 0.181. The Balaban J connectivity index is 3.34. The van der Waals surface area contributed by atoms with E-state index in [1.165, 1.54) is 51.4 Å². The molecule has 0 heterocycles. The van der Waals surface area contributed by atoms with Crippen LogP contribution < -0.4 is 0 Å². The van der Waals surface area contributed by atoms with E-state index in [2.05, 4.69) is 12.9 Å². The zero-order valence-corrected chi connectivity index (χ0v) is 16.0. The minimum Gasteiger partial charge on any atom is -0.466 e. The van der Waals surface area contributed by atoms with E-state index in [4.69, 9.17) is 4.74 Å². The Kier molecular flexibility index (Phi) is 17.4. The lowest BCUT2D eigenvalue weighted by Crippen LogP contribution is -2.03. The minimum absolute atomic E-state index is 0.0637. The molecule has 0 radical (unpaired) electrons. The van der Waals surface area contributed by atoms with Crippen molar-refractivity contribution in [1.82, 2.24) is 0 Å². The van der Waals surface area contributed by atoms with Gasteiger partial charge in [0, 0.05) is 12.0 Å². The number of hydrogen-bond donors (Lipinski definition) is 0. The Hall–Kier alpha value is -1.08. The Labute approximate surface area is 149 Å². The molecule has 24 heavy (non-hydrogen) atoms. The van der Waals surface area contributed by atoms with Crippen molar-refractivity contribution in [3.05, 3.63) is 5.57 Å². The number of carbonyl (C=O) groups is 1. The van der Waals surface area contributed by atoms with Crippen molar-refractivity contribution in [2.24, 2.45) is 0 Å². The van der Waals surface area contributed by atoms with Crippen LogP contribution in [0.5, 0.6) is 0 Å². The average Bonchev–Trinajstić information content (AvgIpc) is 2.58. The van der Waals surface area contributed by atoms with Crippen molar-refractivity contribution in [1.29, 1.82) is 0 Å². The van der Waals surface area contributed by atoms with Gasteiger partial charge in [-0.05, 0) is 39.0 Å². The molecule has 0 saturated carbocycles. The first kappa shape index (κ1) is 22.9. The third-order valence-electron chi connectivity index (χ3n) is 4.39. The van der Waals surface area contributed by atoms with Crippen LogP contribution in [-0.2, 0) is 14.3 Å². The molecule has 0 bridgehead atoms. The van der Waals surface area contributed by atoms with Gasteiger partial charge < -0.3 is 4.74 Å². The maximum Gasteiger partial charge on any atom is 0.305 e. The highest BCUT2D eigenvalue weighted by Gasteiger charge is 2.01. The van der Waals surface area contributed by atoms with Gasteiger partial charge in [0.05, 0.1) is 6.61 Å². The van der Waals surface area contributed by atoms with Gasteiger partial charge >= 0.3 is 5.97 Å². The summed E-state index contributed by atoms with van der Waals surface area (Å²) in [6.07, 6.45) is 16.7. The SMILES string of the molecule is CCCCCCC(=C=O)CCCCCCCCCCC(=O)OCC. The van der Waals surface area contributed by atoms with E-state index < -0.39 is 0 Å². The molecule has 0 fully saturated rings. The number of allylic oxidation sites excluding steroid dienone is 1. The fraction of sp³-hybridized carbons (Fsp3) is 0.857. The van der Waals surface area contributed by atoms with Crippen molar-refractivity contribution in [3.63, 3.8) is 0 Å². The Bertz CT molecular complexity index is 343. The van der Waals surface area contributed by atoms with Crippen LogP contribution in [-0.4, -0.2) is 18.5 Å². The fourth-order valence-corrected chi connectivity index (χ4v) is 2.89. The first-order chi connectivity index (χ1) is 11.7. The molecule has 0 aliphatic heterocycles. The second-order valence-corrected chi connectivity index (χ2v) is 6.65. The van der Waals surface area contributed by atoms with Crippen molar-refractivity contribution < 1.29 is 14.3 Å². The van der Waals surface area contributed by atoms with Crippen molar-refractivity contribution in [2.45, 2.75) is 110 Å². The maximum atomic E-state index is 11.2. The normalized spacial score (nSPS) is 10.4. The predicted molar refractivity (Wildman–Crippen MR) is 101 cm³/mol. The highest BCUT2D eigenvalue weighted by atomic mass is 16.5. The van der Waals surface area contributed by atoms with Gasteiger partial charge in [0.2, 0.25) is 0 Å². The van der Waals surface area contributed by atoms with Gasteiger partial charge in [-0.2, -0.15) is 0 Å². The van der Waals surface area contributed by atoms with Crippen LogP contribution in [0.15, 0.2) is 5.57 Å². The molecule has 3 heteroatoms. The van der Waals surface area contributed by atoms with Gasteiger partial charge in [-0.25, -0.2) is 4.79 Å². The van der Waals surface area contributed by atoms with Gasteiger partial charge in [-0.1, -0.05) is 64.7 Å². The van der Waals surface area contributed by atoms with Crippen molar-refractivity contribution in [3.8, 4) is 0 Å². The van der Waals surface area contributed by atoms with E-state index in [0.717, 1.165) is 44.1 Å². The standard InChI is InChI=1S/C21H38O3/c1-3-5-6-13-16-20(19-22)17-14-11-9-7-8-10-12-15-18-21(23)24-4-2/h3-18H2,1-2H3. The zero-order valence-electron chi connectivity index (χ0n) is 16.0. The van der Waals surface area contributed by atoms with Crippen molar-refractivity contribution >= 4 is 11.9 Å². The summed E-state index contributed by atoms with van der Waals surface area (Å²) in [6, 6.07) is 0. The summed E-state index contributed by atoms with van der Waals surface area (Å²) in [6.45, 7) is 4.54. The summed E-state index contributed by atoms with van der Waals surface area (Å²) >= 11 is 0. The molecule has 0 aromatic rings. The van der Waals surface area contributed by atoms with Gasteiger partial charge in [-0.15, -0.1) is 0 Å². The molecule has 0 aliphatic carbocycles. The number of carbonyl (C=O) groups excluding carboxylic acids is 2. The van der Waals surface area contributed by atoms with Crippen LogP contribution in [0.4, 0.5) is 0 Å². The summed E-state index contributed by atoms with van der Waals surface area (Å²) in [5.41, 5.74) is 0.991. The monoisotopic (exact) mass is 338 g/mol. The van der Waals surface area contributed by atoms with Crippen LogP contribution in [0, 0.1) is 0 Å². The maximum absolute atomic E-state index is 11.2. The lowest BCUT2D eigenvalue weighted by atomic mass is 10.0. The molecule has 0 aromatic carbocycles. The molecule has 3 nitrogen and oxygen atoms in total. The highest BCUT2D eigenvalue weighted by Crippen LogP contribution is 2.16. The van der Waals surface area contributed by atoms with E-state index >= 15 is 0 Å². The lowest BCUT2D eigenvalue weighted by Gasteiger charge is -2.04. The Morgan fingerprint density at radius 2 is 1.17 bits per heavy atom. The molecule has 0 rings (SSSR count). The van der Waals surface area contributed by atoms with Crippen molar-refractivity contribution in [2.75, 3.05) is 6.61 Å². The summed E-state index contributed by atoms with van der Waals surface area (Å²) in [4.78, 5) is 22.1. The van der Waals surface area contributed by atoms with Crippen LogP contribution in [0.1, 0.15) is 110 Å². The number of rotatable bonds is 17. The Morgan fingerprint density at radius 3 is 1.62 bits per heavy atom. The largest absolute Gasteiger partial charge is 0.466 e. The van der Waals surface area contributed by atoms with E-state index in [0.29, 0.717) is 13.0 Å². The molecule has 0 aromatic heterocycles. The minimum atomic E-state index is -0.0637.